The summed E-state index contributed by atoms with van der Waals surface area (Å²) in [5.41, 5.74) is 0. The Morgan fingerprint density at radius 2 is 2.22 bits per heavy atom. The van der Waals surface area contributed by atoms with Crippen molar-refractivity contribution in [3.05, 3.63) is 18.7 Å². The molecule has 1 rings (SSSR count). The quantitative estimate of drug-likeness (QED) is 0.674. The number of hydrogen-bond acceptors (Lipinski definition) is 3. The van der Waals surface area contributed by atoms with Crippen molar-refractivity contribution in [2.75, 3.05) is 6.54 Å². The van der Waals surface area contributed by atoms with Crippen LogP contribution in [0.2, 0.25) is 0 Å². The van der Waals surface area contributed by atoms with Gasteiger partial charge in [0, 0.05) is 38.3 Å². The first kappa shape index (κ1) is 14.2. The summed E-state index contributed by atoms with van der Waals surface area (Å²) in [6.45, 7) is 3.17. The summed E-state index contributed by atoms with van der Waals surface area (Å²) in [6.07, 6.45) is 6.44. The number of carbonyl (C=O) groups excluding carboxylic acids is 1. The van der Waals surface area contributed by atoms with E-state index >= 15 is 0 Å². The maximum atomic E-state index is 11.5. The molecule has 0 saturated heterocycles. The average molecular weight is 253 g/mol. The van der Waals surface area contributed by atoms with Crippen LogP contribution >= 0.6 is 0 Å². The molecule has 0 radical (unpaired) electrons. The molecule has 6 heteroatoms. The molecule has 0 aliphatic carbocycles. The lowest BCUT2D eigenvalue weighted by Crippen LogP contribution is -2.27. The number of nitrogens with one attached hydrogen (secondary N) is 1. The van der Waals surface area contributed by atoms with E-state index in [1.807, 2.05) is 10.8 Å². The summed E-state index contributed by atoms with van der Waals surface area (Å²) in [5, 5.41) is 11.4. The van der Waals surface area contributed by atoms with Gasteiger partial charge < -0.3 is 15.0 Å². The lowest BCUT2D eigenvalue weighted by atomic mass is 10.0. The Morgan fingerprint density at radius 3 is 2.83 bits per heavy atom. The minimum absolute atomic E-state index is 0.0302. The van der Waals surface area contributed by atoms with Crippen LogP contribution in [0.25, 0.3) is 0 Å². The van der Waals surface area contributed by atoms with Crippen LogP contribution in [0.4, 0.5) is 0 Å². The number of aliphatic carboxylic acids is 1. The molecule has 1 heterocycles. The predicted molar refractivity (Wildman–Crippen MR) is 65.9 cm³/mol. The molecule has 0 fully saturated rings. The highest BCUT2D eigenvalue weighted by molar-refractivity contribution is 5.77. The van der Waals surface area contributed by atoms with Gasteiger partial charge in [0.1, 0.15) is 0 Å². The van der Waals surface area contributed by atoms with Crippen LogP contribution < -0.4 is 5.32 Å². The fourth-order valence-electron chi connectivity index (χ4n) is 1.67. The van der Waals surface area contributed by atoms with Gasteiger partial charge in [-0.3, -0.25) is 9.59 Å². The van der Waals surface area contributed by atoms with Crippen molar-refractivity contribution < 1.29 is 14.7 Å². The molecule has 1 aromatic rings. The summed E-state index contributed by atoms with van der Waals surface area (Å²) in [7, 11) is 0. The Kier molecular flexibility index (Phi) is 5.90. The smallest absolute Gasteiger partial charge is 0.303 e. The third-order valence-corrected chi connectivity index (χ3v) is 2.53. The number of carbonyl (C=O) groups is 2. The Labute approximate surface area is 106 Å². The van der Waals surface area contributed by atoms with Crippen molar-refractivity contribution in [2.24, 2.45) is 5.92 Å². The highest BCUT2D eigenvalue weighted by Crippen LogP contribution is 2.06. The molecule has 1 amide bonds. The predicted octanol–water partition coefficient (Wildman–Crippen LogP) is 0.890. The number of rotatable bonds is 8. The Morgan fingerprint density at radius 1 is 1.44 bits per heavy atom. The van der Waals surface area contributed by atoms with E-state index in [2.05, 4.69) is 10.3 Å². The largest absolute Gasteiger partial charge is 0.481 e. The molecule has 0 spiro atoms. The maximum absolute atomic E-state index is 11.5. The summed E-state index contributed by atoms with van der Waals surface area (Å²) in [6, 6.07) is 0. The van der Waals surface area contributed by atoms with E-state index in [4.69, 9.17) is 5.11 Å². The van der Waals surface area contributed by atoms with Crippen molar-refractivity contribution in [3.8, 4) is 0 Å². The average Bonchev–Trinajstić information content (AvgIpc) is 2.75. The normalized spacial score (nSPS) is 12.1. The van der Waals surface area contributed by atoms with E-state index in [0.717, 1.165) is 13.0 Å². The van der Waals surface area contributed by atoms with Crippen molar-refractivity contribution in [1.29, 1.82) is 0 Å². The third kappa shape index (κ3) is 6.03. The second-order valence-electron chi connectivity index (χ2n) is 4.41. The first-order valence-electron chi connectivity index (χ1n) is 6.02. The van der Waals surface area contributed by atoms with Gasteiger partial charge in [-0.25, -0.2) is 4.98 Å². The lowest BCUT2D eigenvalue weighted by molar-refractivity contribution is -0.138. The molecule has 0 aliphatic heterocycles. The Bertz CT molecular complexity index is 376. The highest BCUT2D eigenvalue weighted by Gasteiger charge is 2.11. The summed E-state index contributed by atoms with van der Waals surface area (Å²) in [4.78, 5) is 25.8. The standard InChI is InChI=1S/C12H19N3O3/c1-10(8-12(17)18)7-11(16)14-3-2-5-15-6-4-13-9-15/h4,6,9-10H,2-3,5,7-8H2,1H3,(H,14,16)(H,17,18)/t10-/m0/s1. The minimum atomic E-state index is -0.865. The fraction of sp³-hybridized carbons (Fsp3) is 0.583. The van der Waals surface area contributed by atoms with E-state index in [1.165, 1.54) is 0 Å². The molecule has 0 saturated carbocycles. The molecular weight excluding hydrogens is 234 g/mol. The molecule has 0 aliphatic rings. The molecule has 1 aromatic heterocycles. The zero-order chi connectivity index (χ0) is 13.4. The SMILES string of the molecule is C[C@H](CC(=O)O)CC(=O)NCCCn1ccnc1. The monoisotopic (exact) mass is 253 g/mol. The second-order valence-corrected chi connectivity index (χ2v) is 4.41. The zero-order valence-corrected chi connectivity index (χ0v) is 10.5. The third-order valence-electron chi connectivity index (χ3n) is 2.53. The molecule has 0 unspecified atom stereocenters. The first-order valence-corrected chi connectivity index (χ1v) is 6.02. The van der Waals surface area contributed by atoms with Crippen LogP contribution in [0.3, 0.4) is 0 Å². The van der Waals surface area contributed by atoms with Gasteiger partial charge in [-0.15, -0.1) is 0 Å². The van der Waals surface area contributed by atoms with E-state index in [9.17, 15) is 9.59 Å². The van der Waals surface area contributed by atoms with Crippen LogP contribution in [0.5, 0.6) is 0 Å². The Balaban J connectivity index is 2.08. The number of imidazole rings is 1. The summed E-state index contributed by atoms with van der Waals surface area (Å²) < 4.78 is 1.94. The number of carboxylic acids is 1. The highest BCUT2D eigenvalue weighted by atomic mass is 16.4. The molecule has 100 valence electrons. The molecule has 0 aromatic carbocycles. The minimum Gasteiger partial charge on any atom is -0.481 e. The maximum Gasteiger partial charge on any atom is 0.303 e. The number of amides is 1. The summed E-state index contributed by atoms with van der Waals surface area (Å²) in [5.74, 6) is -1.08. The van der Waals surface area contributed by atoms with Gasteiger partial charge in [0.2, 0.25) is 5.91 Å². The second kappa shape index (κ2) is 7.47. The lowest BCUT2D eigenvalue weighted by Gasteiger charge is -2.09. The van der Waals surface area contributed by atoms with Gasteiger partial charge in [-0.1, -0.05) is 6.92 Å². The topological polar surface area (TPSA) is 84.2 Å². The molecule has 18 heavy (non-hydrogen) atoms. The first-order chi connectivity index (χ1) is 8.58. The van der Waals surface area contributed by atoms with Gasteiger partial charge >= 0.3 is 5.97 Å². The van der Waals surface area contributed by atoms with Crippen LogP contribution in [0.15, 0.2) is 18.7 Å². The van der Waals surface area contributed by atoms with Crippen LogP contribution in [-0.2, 0) is 16.1 Å². The number of hydrogen-bond donors (Lipinski definition) is 2. The van der Waals surface area contributed by atoms with Crippen molar-refractivity contribution >= 4 is 11.9 Å². The number of aromatic nitrogens is 2. The van der Waals surface area contributed by atoms with Gasteiger partial charge in [-0.05, 0) is 12.3 Å². The zero-order valence-electron chi connectivity index (χ0n) is 10.5. The number of aryl methyl sites for hydroxylation is 1. The van der Waals surface area contributed by atoms with E-state index in [0.29, 0.717) is 6.54 Å². The summed E-state index contributed by atoms with van der Waals surface area (Å²) >= 11 is 0. The molecule has 0 bridgehead atoms. The van der Waals surface area contributed by atoms with Crippen LogP contribution in [0, 0.1) is 5.92 Å². The van der Waals surface area contributed by atoms with Crippen molar-refractivity contribution in [3.63, 3.8) is 0 Å². The van der Waals surface area contributed by atoms with E-state index < -0.39 is 5.97 Å². The van der Waals surface area contributed by atoms with Crippen LogP contribution in [-0.4, -0.2) is 33.1 Å². The molecule has 2 N–H and O–H groups in total. The number of carboxylic acid groups (broad SMARTS) is 1. The van der Waals surface area contributed by atoms with Crippen LogP contribution in [0.1, 0.15) is 26.2 Å². The van der Waals surface area contributed by atoms with Gasteiger partial charge in [-0.2, -0.15) is 0 Å². The van der Waals surface area contributed by atoms with Crippen molar-refractivity contribution in [1.82, 2.24) is 14.9 Å². The fourth-order valence-corrected chi connectivity index (χ4v) is 1.67. The van der Waals surface area contributed by atoms with Gasteiger partial charge in [0.05, 0.1) is 6.33 Å². The molecule has 1 atom stereocenters. The Hall–Kier alpha value is -1.85. The van der Waals surface area contributed by atoms with E-state index in [1.54, 1.807) is 19.4 Å². The van der Waals surface area contributed by atoms with Crippen molar-refractivity contribution in [2.45, 2.75) is 32.7 Å². The molecule has 6 nitrogen and oxygen atoms in total. The molecular formula is C12H19N3O3. The number of nitrogens with zero attached hydrogens (tertiary/aromatic N) is 2. The van der Waals surface area contributed by atoms with E-state index in [-0.39, 0.29) is 24.7 Å². The van der Waals surface area contributed by atoms with Gasteiger partial charge in [0.25, 0.3) is 0 Å². The van der Waals surface area contributed by atoms with Gasteiger partial charge in [0.15, 0.2) is 0 Å².